The van der Waals surface area contributed by atoms with Gasteiger partial charge >= 0.3 is 0 Å². The third-order valence-corrected chi connectivity index (χ3v) is 7.33. The highest BCUT2D eigenvalue weighted by atomic mass is 19.1. The lowest BCUT2D eigenvalue weighted by molar-refractivity contribution is 0.312. The van der Waals surface area contributed by atoms with Crippen LogP contribution in [0.15, 0.2) is 70.1 Å². The zero-order valence-electron chi connectivity index (χ0n) is 22.1. The van der Waals surface area contributed by atoms with Crippen molar-refractivity contribution in [2.45, 2.75) is 13.0 Å². The molecule has 3 aromatic carbocycles. The van der Waals surface area contributed by atoms with Crippen LogP contribution in [0.2, 0.25) is 0 Å². The number of benzene rings is 3. The van der Waals surface area contributed by atoms with E-state index in [-0.39, 0.29) is 47.0 Å². The summed E-state index contributed by atoms with van der Waals surface area (Å²) in [5.41, 5.74) is 1.13. The number of hydrogen-bond acceptors (Lipinski definition) is 6. The van der Waals surface area contributed by atoms with E-state index in [1.54, 1.807) is 22.8 Å². The lowest BCUT2D eigenvalue weighted by Gasteiger charge is -2.34. The van der Waals surface area contributed by atoms with Gasteiger partial charge in [0.25, 0.3) is 0 Å². The van der Waals surface area contributed by atoms with Crippen LogP contribution in [0.1, 0.15) is 17.0 Å². The van der Waals surface area contributed by atoms with E-state index in [1.807, 2.05) is 11.9 Å². The predicted molar refractivity (Wildman–Crippen MR) is 146 cm³/mol. The number of pyridine rings is 1. The molecule has 3 heterocycles. The van der Waals surface area contributed by atoms with Crippen molar-refractivity contribution in [3.05, 3.63) is 111 Å². The van der Waals surface area contributed by atoms with E-state index in [2.05, 4.69) is 15.0 Å². The zero-order chi connectivity index (χ0) is 28.7. The van der Waals surface area contributed by atoms with Gasteiger partial charge in [-0.3, -0.25) is 4.79 Å². The minimum Gasteiger partial charge on any atom is -0.367 e. The first kappa shape index (κ1) is 26.7. The van der Waals surface area contributed by atoms with Crippen LogP contribution in [-0.2, 0) is 13.0 Å². The number of anilines is 1. The minimum atomic E-state index is -0.749. The van der Waals surface area contributed by atoms with Gasteiger partial charge in [0.15, 0.2) is 0 Å². The normalized spacial score (nSPS) is 14.2. The number of likely N-dealkylation sites (N-methyl/N-ethyl adjacent to an activating group) is 1. The standard InChI is InChI=1S/C30H25F4N5O2/c1-37-8-10-38(11-9-37)27-15-26-22(14-25(27)34)29(40)23(17-39(26)16-19-4-7-21(32)13-24(19)33)30-35-28(41-36-30)12-18-2-5-20(31)6-3-18/h2-7,13-15,17H,8-12,16H2,1H3. The molecule has 0 amide bonds. The van der Waals surface area contributed by atoms with Crippen LogP contribution in [0.25, 0.3) is 22.3 Å². The summed E-state index contributed by atoms with van der Waals surface area (Å²) in [6.45, 7) is 2.65. The Kier molecular flexibility index (Phi) is 7.04. The summed E-state index contributed by atoms with van der Waals surface area (Å²) < 4.78 is 64.0. The molecule has 6 rings (SSSR count). The topological polar surface area (TPSA) is 67.4 Å². The highest BCUT2D eigenvalue weighted by Crippen LogP contribution is 2.28. The van der Waals surface area contributed by atoms with Gasteiger partial charge in [-0.25, -0.2) is 17.6 Å². The van der Waals surface area contributed by atoms with Crippen LogP contribution in [0.4, 0.5) is 23.2 Å². The van der Waals surface area contributed by atoms with Gasteiger partial charge in [-0.15, -0.1) is 0 Å². The third kappa shape index (κ3) is 5.45. The quantitative estimate of drug-likeness (QED) is 0.271. The first-order chi connectivity index (χ1) is 19.7. The van der Waals surface area contributed by atoms with Crippen molar-refractivity contribution in [2.75, 3.05) is 38.1 Å². The lowest BCUT2D eigenvalue weighted by Crippen LogP contribution is -2.44. The Hall–Kier alpha value is -4.51. The monoisotopic (exact) mass is 563 g/mol. The van der Waals surface area contributed by atoms with Gasteiger partial charge in [-0.1, -0.05) is 23.4 Å². The molecular weight excluding hydrogens is 538 g/mol. The largest absolute Gasteiger partial charge is 0.367 e. The highest BCUT2D eigenvalue weighted by Gasteiger charge is 2.22. The molecule has 0 spiro atoms. The Morgan fingerprint density at radius 3 is 2.34 bits per heavy atom. The molecule has 1 fully saturated rings. The van der Waals surface area contributed by atoms with Crippen molar-refractivity contribution in [3.8, 4) is 11.4 Å². The van der Waals surface area contributed by atoms with Gasteiger partial charge in [0.1, 0.15) is 23.3 Å². The molecule has 1 aliphatic rings. The van der Waals surface area contributed by atoms with Crippen molar-refractivity contribution in [2.24, 2.45) is 0 Å². The average molecular weight is 564 g/mol. The van der Waals surface area contributed by atoms with Gasteiger partial charge in [0.2, 0.25) is 17.1 Å². The summed E-state index contributed by atoms with van der Waals surface area (Å²) in [5, 5.41) is 4.02. The zero-order valence-corrected chi connectivity index (χ0v) is 22.1. The van der Waals surface area contributed by atoms with E-state index in [9.17, 15) is 18.0 Å². The van der Waals surface area contributed by atoms with Crippen LogP contribution in [0.3, 0.4) is 0 Å². The number of hydrogen-bond donors (Lipinski definition) is 0. The predicted octanol–water partition coefficient (Wildman–Crippen LogP) is 5.00. The van der Waals surface area contributed by atoms with E-state index < -0.39 is 22.9 Å². The SMILES string of the molecule is CN1CCN(c2cc3c(cc2F)c(=O)c(-c2noc(Cc4ccc(F)cc4)n2)cn3Cc2ccc(F)cc2F)CC1. The summed E-state index contributed by atoms with van der Waals surface area (Å²) in [6.07, 6.45) is 1.69. The molecule has 0 aliphatic carbocycles. The fourth-order valence-corrected chi connectivity index (χ4v) is 5.03. The molecule has 0 N–H and O–H groups in total. The molecule has 0 unspecified atom stereocenters. The molecule has 7 nitrogen and oxygen atoms in total. The molecule has 11 heteroatoms. The van der Waals surface area contributed by atoms with Gasteiger partial charge in [0, 0.05) is 49.4 Å². The van der Waals surface area contributed by atoms with Crippen LogP contribution < -0.4 is 10.3 Å². The second-order valence-electron chi connectivity index (χ2n) is 10.2. The molecule has 210 valence electrons. The van der Waals surface area contributed by atoms with E-state index in [0.717, 1.165) is 30.8 Å². The van der Waals surface area contributed by atoms with Crippen LogP contribution in [-0.4, -0.2) is 52.8 Å². The van der Waals surface area contributed by atoms with Gasteiger partial charge in [-0.2, -0.15) is 4.98 Å². The molecule has 0 saturated carbocycles. The number of fused-ring (bicyclic) bond motifs is 1. The van der Waals surface area contributed by atoms with Crippen LogP contribution >= 0.6 is 0 Å². The summed E-state index contributed by atoms with van der Waals surface area (Å²) in [6, 6.07) is 11.8. The van der Waals surface area contributed by atoms with E-state index >= 15 is 4.39 Å². The van der Waals surface area contributed by atoms with E-state index in [1.165, 1.54) is 30.5 Å². The second kappa shape index (κ2) is 10.8. The summed E-state index contributed by atoms with van der Waals surface area (Å²) in [7, 11) is 1.99. The Balaban J connectivity index is 1.45. The van der Waals surface area contributed by atoms with Crippen LogP contribution in [0.5, 0.6) is 0 Å². The second-order valence-corrected chi connectivity index (χ2v) is 10.2. The van der Waals surface area contributed by atoms with E-state index in [4.69, 9.17) is 4.52 Å². The van der Waals surface area contributed by atoms with E-state index in [0.29, 0.717) is 24.3 Å². The Labute approximate surface area is 232 Å². The molecule has 5 aromatic rings. The van der Waals surface area contributed by atoms with Crippen molar-refractivity contribution in [1.82, 2.24) is 19.6 Å². The van der Waals surface area contributed by atoms with Crippen molar-refractivity contribution in [1.29, 1.82) is 0 Å². The number of aromatic nitrogens is 3. The summed E-state index contributed by atoms with van der Waals surface area (Å²) in [5.74, 6) is -2.22. The maximum atomic E-state index is 15.5. The molecule has 1 aliphatic heterocycles. The first-order valence-corrected chi connectivity index (χ1v) is 13.1. The molecule has 0 atom stereocenters. The molecule has 41 heavy (non-hydrogen) atoms. The Bertz CT molecular complexity index is 1790. The summed E-state index contributed by atoms with van der Waals surface area (Å²) >= 11 is 0. The fourth-order valence-electron chi connectivity index (χ4n) is 5.03. The molecule has 1 saturated heterocycles. The van der Waals surface area contributed by atoms with Crippen molar-refractivity contribution in [3.63, 3.8) is 0 Å². The number of rotatable bonds is 6. The Morgan fingerprint density at radius 2 is 1.61 bits per heavy atom. The minimum absolute atomic E-state index is 0.0223. The molecular formula is C30H25F4N5O2. The fraction of sp³-hybridized carbons (Fsp3) is 0.233. The number of piperazine rings is 1. The van der Waals surface area contributed by atoms with Gasteiger partial charge < -0.3 is 18.9 Å². The highest BCUT2D eigenvalue weighted by molar-refractivity contribution is 5.86. The van der Waals surface area contributed by atoms with Gasteiger partial charge in [-0.05, 0) is 42.9 Å². The maximum Gasteiger partial charge on any atom is 0.231 e. The van der Waals surface area contributed by atoms with Gasteiger partial charge in [0.05, 0.1) is 29.7 Å². The Morgan fingerprint density at radius 1 is 0.878 bits per heavy atom. The van der Waals surface area contributed by atoms with Crippen LogP contribution in [0, 0.1) is 23.3 Å². The number of nitrogens with zero attached hydrogens (tertiary/aromatic N) is 5. The lowest BCUT2D eigenvalue weighted by atomic mass is 10.1. The third-order valence-electron chi connectivity index (χ3n) is 7.33. The summed E-state index contributed by atoms with van der Waals surface area (Å²) in [4.78, 5) is 22.1. The number of halogens is 4. The maximum absolute atomic E-state index is 15.5. The average Bonchev–Trinajstić information content (AvgIpc) is 3.41. The molecule has 2 aromatic heterocycles. The smallest absolute Gasteiger partial charge is 0.231 e. The molecule has 0 radical (unpaired) electrons. The van der Waals surface area contributed by atoms with Crippen molar-refractivity contribution >= 4 is 16.6 Å². The molecule has 0 bridgehead atoms. The van der Waals surface area contributed by atoms with Crippen molar-refractivity contribution < 1.29 is 22.1 Å². The first-order valence-electron chi connectivity index (χ1n) is 13.1.